The first-order chi connectivity index (χ1) is 5.83. The lowest BCUT2D eigenvalue weighted by Gasteiger charge is -1.94. The van der Waals surface area contributed by atoms with E-state index in [4.69, 9.17) is 4.74 Å². The second kappa shape index (κ2) is 2.48. The van der Waals surface area contributed by atoms with Gasteiger partial charge in [0.25, 0.3) is 0 Å². The second-order valence-electron chi connectivity index (χ2n) is 2.51. The van der Waals surface area contributed by atoms with Crippen LogP contribution in [0.3, 0.4) is 0 Å². The van der Waals surface area contributed by atoms with Gasteiger partial charge in [-0.3, -0.25) is 0 Å². The number of aromatic nitrogens is 3. The number of fused-ring (bicyclic) bond motifs is 1. The molecule has 4 heteroatoms. The molecule has 0 aromatic carbocycles. The minimum absolute atomic E-state index is 0.746. The summed E-state index contributed by atoms with van der Waals surface area (Å²) in [5.41, 5.74) is 1.62. The largest absolute Gasteiger partial charge is 0.491 e. The van der Waals surface area contributed by atoms with E-state index in [2.05, 4.69) is 10.1 Å². The molecule has 2 heterocycles. The first-order valence-corrected chi connectivity index (χ1v) is 3.67. The van der Waals surface area contributed by atoms with Crippen LogP contribution < -0.4 is 4.74 Å². The fraction of sp³-hybridized carbons (Fsp3) is 0.250. The van der Waals surface area contributed by atoms with Crippen LogP contribution in [0.5, 0.6) is 5.75 Å². The van der Waals surface area contributed by atoms with E-state index >= 15 is 0 Å². The average molecular weight is 163 g/mol. The molecule has 2 rings (SSSR count). The van der Waals surface area contributed by atoms with Crippen molar-refractivity contribution >= 4 is 5.65 Å². The molecule has 0 aliphatic rings. The molecule has 0 spiro atoms. The minimum Gasteiger partial charge on any atom is -0.491 e. The van der Waals surface area contributed by atoms with E-state index in [-0.39, 0.29) is 0 Å². The van der Waals surface area contributed by atoms with Crippen molar-refractivity contribution in [2.24, 2.45) is 0 Å². The summed E-state index contributed by atoms with van der Waals surface area (Å²) in [5.74, 6) is 0.746. The van der Waals surface area contributed by atoms with Crippen LogP contribution in [0.1, 0.15) is 5.69 Å². The summed E-state index contributed by atoms with van der Waals surface area (Å²) in [6.45, 7) is 1.90. The molecule has 12 heavy (non-hydrogen) atoms. The third-order valence-corrected chi connectivity index (χ3v) is 1.72. The first kappa shape index (κ1) is 7.09. The van der Waals surface area contributed by atoms with E-state index in [9.17, 15) is 0 Å². The Balaban J connectivity index is 2.81. The maximum Gasteiger partial charge on any atom is 0.198 e. The van der Waals surface area contributed by atoms with Crippen LogP contribution in [0.4, 0.5) is 0 Å². The van der Waals surface area contributed by atoms with Crippen LogP contribution in [0, 0.1) is 6.92 Å². The molecule has 62 valence electrons. The van der Waals surface area contributed by atoms with Crippen molar-refractivity contribution in [3.8, 4) is 5.75 Å². The number of rotatable bonds is 1. The molecule has 2 aromatic heterocycles. The molecule has 0 atom stereocenters. The van der Waals surface area contributed by atoms with Crippen LogP contribution in [0.15, 0.2) is 18.5 Å². The molecule has 0 bridgehead atoms. The Morgan fingerprint density at radius 1 is 1.50 bits per heavy atom. The van der Waals surface area contributed by atoms with Crippen LogP contribution in [0.25, 0.3) is 5.65 Å². The van der Waals surface area contributed by atoms with Gasteiger partial charge in [-0.05, 0) is 13.0 Å². The summed E-state index contributed by atoms with van der Waals surface area (Å²) in [7, 11) is 1.62. The number of hydrogen-bond acceptors (Lipinski definition) is 3. The lowest BCUT2D eigenvalue weighted by Crippen LogP contribution is -1.88. The van der Waals surface area contributed by atoms with Gasteiger partial charge in [-0.1, -0.05) is 0 Å². The third kappa shape index (κ3) is 0.845. The summed E-state index contributed by atoms with van der Waals surface area (Å²) in [4.78, 5) is 4.15. The Labute approximate surface area is 69.8 Å². The van der Waals surface area contributed by atoms with E-state index < -0.39 is 0 Å². The molecule has 4 nitrogen and oxygen atoms in total. The molecule has 0 saturated heterocycles. The number of hydrogen-bond donors (Lipinski definition) is 0. The molecule has 0 radical (unpaired) electrons. The Bertz CT molecular complexity index is 408. The van der Waals surface area contributed by atoms with Crippen molar-refractivity contribution in [2.45, 2.75) is 6.92 Å². The predicted molar refractivity (Wildman–Crippen MR) is 44.3 cm³/mol. The highest BCUT2D eigenvalue weighted by molar-refractivity contribution is 5.55. The summed E-state index contributed by atoms with van der Waals surface area (Å²) in [6.07, 6.45) is 3.57. The maximum atomic E-state index is 5.15. The van der Waals surface area contributed by atoms with Crippen molar-refractivity contribution < 1.29 is 4.74 Å². The number of nitrogens with zero attached hydrogens (tertiary/aromatic N) is 3. The lowest BCUT2D eigenvalue weighted by atomic mass is 10.4. The Hall–Kier alpha value is -1.58. The fourth-order valence-electron chi connectivity index (χ4n) is 1.21. The normalized spacial score (nSPS) is 10.5. The highest BCUT2D eigenvalue weighted by atomic mass is 16.5. The smallest absolute Gasteiger partial charge is 0.198 e. The lowest BCUT2D eigenvalue weighted by molar-refractivity contribution is 0.415. The molecular formula is C8H9N3O. The third-order valence-electron chi connectivity index (χ3n) is 1.72. The van der Waals surface area contributed by atoms with Crippen LogP contribution in [-0.4, -0.2) is 21.7 Å². The Morgan fingerprint density at radius 3 is 3.08 bits per heavy atom. The number of aryl methyl sites for hydroxylation is 1. The summed E-state index contributed by atoms with van der Waals surface area (Å²) >= 11 is 0. The SMILES string of the molecule is COc1c(C)nn2cccnc12. The van der Waals surface area contributed by atoms with E-state index in [0.717, 1.165) is 17.1 Å². The zero-order chi connectivity index (χ0) is 8.55. The number of ether oxygens (including phenoxy) is 1. The van der Waals surface area contributed by atoms with Gasteiger partial charge in [0.05, 0.1) is 7.11 Å². The van der Waals surface area contributed by atoms with Gasteiger partial charge in [0.15, 0.2) is 11.4 Å². The van der Waals surface area contributed by atoms with Gasteiger partial charge in [-0.15, -0.1) is 0 Å². The van der Waals surface area contributed by atoms with Gasteiger partial charge in [0.1, 0.15) is 5.69 Å². The van der Waals surface area contributed by atoms with Gasteiger partial charge >= 0.3 is 0 Å². The van der Waals surface area contributed by atoms with Crippen LogP contribution in [-0.2, 0) is 0 Å². The van der Waals surface area contributed by atoms with Crippen molar-refractivity contribution in [3.63, 3.8) is 0 Å². The zero-order valence-corrected chi connectivity index (χ0v) is 6.98. The summed E-state index contributed by atoms with van der Waals surface area (Å²) in [6, 6.07) is 1.83. The average Bonchev–Trinajstić information content (AvgIpc) is 2.40. The second-order valence-corrected chi connectivity index (χ2v) is 2.51. The molecular weight excluding hydrogens is 154 g/mol. The van der Waals surface area contributed by atoms with Crippen LogP contribution in [0.2, 0.25) is 0 Å². The van der Waals surface area contributed by atoms with Crippen molar-refractivity contribution in [3.05, 3.63) is 24.2 Å². The maximum absolute atomic E-state index is 5.15. The van der Waals surface area contributed by atoms with Crippen LogP contribution >= 0.6 is 0 Å². The molecule has 0 aliphatic heterocycles. The van der Waals surface area contributed by atoms with Gasteiger partial charge in [-0.25, -0.2) is 9.50 Å². The van der Waals surface area contributed by atoms with E-state index in [0.29, 0.717) is 0 Å². The zero-order valence-electron chi connectivity index (χ0n) is 6.98. The monoisotopic (exact) mass is 163 g/mol. The topological polar surface area (TPSA) is 39.4 Å². The van der Waals surface area contributed by atoms with Gasteiger partial charge in [0.2, 0.25) is 0 Å². The molecule has 0 amide bonds. The first-order valence-electron chi connectivity index (χ1n) is 3.67. The minimum atomic E-state index is 0.746. The van der Waals surface area contributed by atoms with Crippen molar-refractivity contribution in [2.75, 3.05) is 7.11 Å². The van der Waals surface area contributed by atoms with E-state index in [1.54, 1.807) is 17.8 Å². The number of methoxy groups -OCH3 is 1. The molecule has 0 aliphatic carbocycles. The molecule has 0 fully saturated rings. The molecule has 0 saturated carbocycles. The Morgan fingerprint density at radius 2 is 2.33 bits per heavy atom. The highest BCUT2D eigenvalue weighted by Gasteiger charge is 2.08. The van der Waals surface area contributed by atoms with E-state index in [1.165, 1.54) is 0 Å². The van der Waals surface area contributed by atoms with Gasteiger partial charge in [0, 0.05) is 12.4 Å². The summed E-state index contributed by atoms with van der Waals surface area (Å²) < 4.78 is 6.85. The molecule has 0 unspecified atom stereocenters. The molecule has 2 aromatic rings. The van der Waals surface area contributed by atoms with E-state index in [1.807, 2.05) is 19.2 Å². The highest BCUT2D eigenvalue weighted by Crippen LogP contribution is 2.20. The quantitative estimate of drug-likeness (QED) is 0.630. The Kier molecular flexibility index (Phi) is 1.46. The van der Waals surface area contributed by atoms with Gasteiger partial charge in [-0.2, -0.15) is 5.10 Å². The van der Waals surface area contributed by atoms with Crippen molar-refractivity contribution in [1.82, 2.24) is 14.6 Å². The predicted octanol–water partition coefficient (Wildman–Crippen LogP) is 1.05. The fourth-order valence-corrected chi connectivity index (χ4v) is 1.21. The van der Waals surface area contributed by atoms with Gasteiger partial charge < -0.3 is 4.74 Å². The summed E-state index contributed by atoms with van der Waals surface area (Å²) in [5, 5.41) is 4.21. The standard InChI is InChI=1S/C8H9N3O/c1-6-7(12-2)8-9-4-3-5-11(8)10-6/h3-5H,1-2H3. The van der Waals surface area contributed by atoms with Crippen molar-refractivity contribution in [1.29, 1.82) is 0 Å². The molecule has 0 N–H and O–H groups in total.